The third kappa shape index (κ3) is 6.67. The van der Waals surface area contributed by atoms with Crippen LogP contribution < -0.4 is 4.74 Å². The van der Waals surface area contributed by atoms with E-state index in [1.54, 1.807) is 18.2 Å². The lowest BCUT2D eigenvalue weighted by atomic mass is 9.73. The number of allylic oxidation sites excluding steroid dienone is 2. The van der Waals surface area contributed by atoms with Crippen molar-refractivity contribution < 1.29 is 38.4 Å². The van der Waals surface area contributed by atoms with Crippen LogP contribution in [0.3, 0.4) is 0 Å². The van der Waals surface area contributed by atoms with Gasteiger partial charge in [0, 0.05) is 34.2 Å². The molecule has 1 N–H and O–H groups in total. The molecule has 2 aromatic rings. The molecule has 0 aromatic heterocycles. The number of carbonyl (C=O) groups excluding carboxylic acids is 3. The van der Waals surface area contributed by atoms with Gasteiger partial charge in [-0.2, -0.15) is 0 Å². The SMILES string of the molecule is C=C1C=C(C2(C)OC2C2OC2C)Cc2c1ccc1c2C(=O)c2c(ccc(C3CC(C)(N(C)C)C(O)C(C)O3)c2OC(=O)CCCCCCCCC)C1=O. The quantitative estimate of drug-likeness (QED) is 0.0828. The van der Waals surface area contributed by atoms with Gasteiger partial charge in [0.2, 0.25) is 0 Å². The lowest BCUT2D eigenvalue weighted by molar-refractivity contribution is -0.176. The maximum atomic E-state index is 15.1. The smallest absolute Gasteiger partial charge is 0.311 e. The lowest BCUT2D eigenvalue weighted by Gasteiger charge is -2.49. The van der Waals surface area contributed by atoms with Crippen molar-refractivity contribution in [2.75, 3.05) is 14.1 Å². The number of hydrogen-bond acceptors (Lipinski definition) is 9. The normalized spacial score (nSPS) is 31.5. The van der Waals surface area contributed by atoms with Crippen LogP contribution in [-0.2, 0) is 25.4 Å². The zero-order valence-electron chi connectivity index (χ0n) is 32.4. The maximum absolute atomic E-state index is 15.1. The number of aliphatic hydroxyl groups excluding tert-OH is 1. The Balaban J connectivity index is 1.26. The second-order valence-corrected chi connectivity index (χ2v) is 16.5. The molecule has 7 rings (SSSR count). The molecular weight excluding hydrogens is 670 g/mol. The summed E-state index contributed by atoms with van der Waals surface area (Å²) in [6.45, 7) is 14.4. The molecule has 0 bridgehead atoms. The first-order chi connectivity index (χ1) is 25.2. The van der Waals surface area contributed by atoms with Gasteiger partial charge < -0.3 is 29.0 Å². The van der Waals surface area contributed by atoms with E-state index in [1.165, 1.54) is 19.3 Å². The Morgan fingerprint density at radius 1 is 0.925 bits per heavy atom. The van der Waals surface area contributed by atoms with Crippen LogP contribution >= 0.6 is 0 Å². The summed E-state index contributed by atoms with van der Waals surface area (Å²) in [5, 5.41) is 11.2. The average molecular weight is 726 g/mol. The number of likely N-dealkylation sites (N-methyl/N-ethyl adjacent to an activating group) is 1. The van der Waals surface area contributed by atoms with Gasteiger partial charge in [0.15, 0.2) is 11.6 Å². The number of fused-ring (bicyclic) bond motifs is 4. The maximum Gasteiger partial charge on any atom is 0.311 e. The Morgan fingerprint density at radius 3 is 2.25 bits per heavy atom. The van der Waals surface area contributed by atoms with Gasteiger partial charge in [-0.3, -0.25) is 14.4 Å². The molecule has 3 aliphatic heterocycles. The first kappa shape index (κ1) is 37.8. The summed E-state index contributed by atoms with van der Waals surface area (Å²) in [5.74, 6) is -1.03. The predicted octanol–water partition coefficient (Wildman–Crippen LogP) is 7.48. The van der Waals surface area contributed by atoms with Crippen molar-refractivity contribution in [1.29, 1.82) is 0 Å². The van der Waals surface area contributed by atoms with Gasteiger partial charge in [0.05, 0.1) is 30.0 Å². The summed E-state index contributed by atoms with van der Waals surface area (Å²) in [5.41, 5.74) is 3.49. The summed E-state index contributed by atoms with van der Waals surface area (Å²) < 4.78 is 24.6. The summed E-state index contributed by atoms with van der Waals surface area (Å²) in [4.78, 5) is 45.1. The second kappa shape index (κ2) is 14.3. The Labute approximate surface area is 313 Å². The number of benzene rings is 2. The van der Waals surface area contributed by atoms with Crippen molar-refractivity contribution in [2.24, 2.45) is 0 Å². The highest BCUT2D eigenvalue weighted by molar-refractivity contribution is 6.30. The average Bonchev–Trinajstić information content (AvgIpc) is 4.03. The van der Waals surface area contributed by atoms with Gasteiger partial charge in [0.1, 0.15) is 23.6 Å². The third-order valence-corrected chi connectivity index (χ3v) is 12.7. The molecule has 3 saturated heterocycles. The van der Waals surface area contributed by atoms with E-state index in [0.717, 1.165) is 41.5 Å². The van der Waals surface area contributed by atoms with E-state index in [4.69, 9.17) is 18.9 Å². The standard InChI is InChI=1S/C44H55NO8/c1-9-10-11-12-13-14-15-16-34(46)52-40-29(33-23-43(5,45(7)8)41(49)26(4)50-33)18-20-31-36(40)38(48)35-30(37(31)47)19-17-28-24(2)21-27(22-32(28)35)44(6)42(53-44)39-25(3)51-39/h17-21,25-26,33,39,41-42,49H,2,9-16,22-23H2,1,3-8H3. The van der Waals surface area contributed by atoms with Crippen molar-refractivity contribution in [1.82, 2.24) is 4.90 Å². The van der Waals surface area contributed by atoms with Gasteiger partial charge >= 0.3 is 5.97 Å². The van der Waals surface area contributed by atoms with Crippen LogP contribution in [0.2, 0.25) is 0 Å². The van der Waals surface area contributed by atoms with E-state index in [0.29, 0.717) is 36.0 Å². The van der Waals surface area contributed by atoms with Crippen LogP contribution in [-0.4, -0.2) is 83.3 Å². The Kier molecular flexibility index (Phi) is 10.2. The molecule has 3 heterocycles. The predicted molar refractivity (Wildman–Crippen MR) is 202 cm³/mol. The van der Waals surface area contributed by atoms with Crippen LogP contribution in [0.4, 0.5) is 0 Å². The topological polar surface area (TPSA) is 118 Å². The van der Waals surface area contributed by atoms with E-state index in [2.05, 4.69) is 13.5 Å². The number of nitrogens with zero attached hydrogens (tertiary/aromatic N) is 1. The van der Waals surface area contributed by atoms with Crippen LogP contribution in [0.25, 0.3) is 5.57 Å². The van der Waals surface area contributed by atoms with Crippen molar-refractivity contribution in [3.05, 3.63) is 81.4 Å². The number of rotatable bonds is 13. The Bertz CT molecular complexity index is 1880. The fourth-order valence-electron chi connectivity index (χ4n) is 8.87. The van der Waals surface area contributed by atoms with Crippen molar-refractivity contribution in [3.63, 3.8) is 0 Å². The molecule has 8 atom stereocenters. The highest BCUT2D eigenvalue weighted by atomic mass is 16.7. The molecule has 2 aromatic carbocycles. The summed E-state index contributed by atoms with van der Waals surface area (Å²) in [6, 6.07) is 7.01. The minimum absolute atomic E-state index is 0.0345. The molecule has 3 fully saturated rings. The number of ether oxygens (including phenoxy) is 4. The third-order valence-electron chi connectivity index (χ3n) is 12.7. The zero-order chi connectivity index (χ0) is 38.0. The van der Waals surface area contributed by atoms with Crippen LogP contribution in [0, 0.1) is 0 Å². The second-order valence-electron chi connectivity index (χ2n) is 16.5. The number of ketones is 2. The fourth-order valence-corrected chi connectivity index (χ4v) is 8.87. The number of aliphatic hydroxyl groups is 1. The minimum Gasteiger partial charge on any atom is -0.425 e. The molecule has 53 heavy (non-hydrogen) atoms. The van der Waals surface area contributed by atoms with Gasteiger partial charge in [-0.25, -0.2) is 0 Å². The number of esters is 1. The molecule has 5 aliphatic rings. The van der Waals surface area contributed by atoms with E-state index in [1.807, 2.05) is 58.8 Å². The fraction of sp³-hybridized carbons (Fsp3) is 0.568. The molecule has 284 valence electrons. The Hall–Kier alpha value is -3.47. The summed E-state index contributed by atoms with van der Waals surface area (Å²) in [6.07, 6.45) is 8.51. The van der Waals surface area contributed by atoms with Crippen LogP contribution in [0.5, 0.6) is 5.75 Å². The van der Waals surface area contributed by atoms with Crippen molar-refractivity contribution in [2.45, 2.75) is 147 Å². The minimum atomic E-state index is -0.779. The van der Waals surface area contributed by atoms with E-state index in [9.17, 15) is 14.7 Å². The Morgan fingerprint density at radius 2 is 1.57 bits per heavy atom. The van der Waals surface area contributed by atoms with Crippen LogP contribution in [0.15, 0.2) is 42.5 Å². The first-order valence-electron chi connectivity index (χ1n) is 19.6. The monoisotopic (exact) mass is 725 g/mol. The largest absolute Gasteiger partial charge is 0.425 e. The van der Waals surface area contributed by atoms with Gasteiger partial charge in [-0.05, 0) is 95.5 Å². The van der Waals surface area contributed by atoms with Crippen molar-refractivity contribution in [3.8, 4) is 5.75 Å². The van der Waals surface area contributed by atoms with Crippen LogP contribution in [0.1, 0.15) is 147 Å². The van der Waals surface area contributed by atoms with E-state index in [-0.39, 0.29) is 53.2 Å². The number of carbonyl (C=O) groups is 3. The molecule has 0 saturated carbocycles. The number of hydrogen-bond donors (Lipinski definition) is 1. The molecule has 9 heteroatoms. The number of unbranched alkanes of at least 4 members (excludes halogenated alkanes) is 6. The first-order valence-corrected chi connectivity index (χ1v) is 19.6. The molecule has 2 aliphatic carbocycles. The molecular formula is C44H55NO8. The summed E-state index contributed by atoms with van der Waals surface area (Å²) >= 11 is 0. The van der Waals surface area contributed by atoms with Gasteiger partial charge in [0.25, 0.3) is 0 Å². The van der Waals surface area contributed by atoms with Gasteiger partial charge in [-0.1, -0.05) is 70.2 Å². The van der Waals surface area contributed by atoms with Gasteiger partial charge in [-0.15, -0.1) is 0 Å². The summed E-state index contributed by atoms with van der Waals surface area (Å²) in [7, 11) is 3.83. The molecule has 9 nitrogen and oxygen atoms in total. The lowest BCUT2D eigenvalue weighted by Crippen LogP contribution is -2.59. The molecule has 0 radical (unpaired) electrons. The molecule has 8 unspecified atom stereocenters. The highest BCUT2D eigenvalue weighted by Crippen LogP contribution is 2.54. The highest BCUT2D eigenvalue weighted by Gasteiger charge is 2.65. The van der Waals surface area contributed by atoms with E-state index < -0.39 is 35.4 Å². The number of epoxide rings is 2. The molecule has 0 amide bonds. The zero-order valence-corrected chi connectivity index (χ0v) is 32.4. The van der Waals surface area contributed by atoms with Crippen molar-refractivity contribution >= 4 is 23.1 Å². The van der Waals surface area contributed by atoms with E-state index >= 15 is 4.79 Å². The molecule has 0 spiro atoms.